The van der Waals surface area contributed by atoms with Crippen molar-refractivity contribution in [3.63, 3.8) is 0 Å². The third-order valence-corrected chi connectivity index (χ3v) is 4.24. The second-order valence-electron chi connectivity index (χ2n) is 6.01. The highest BCUT2D eigenvalue weighted by molar-refractivity contribution is 5.62. The summed E-state index contributed by atoms with van der Waals surface area (Å²) in [6.45, 7) is 3.92. The molecular weight excluding hydrogens is 328 g/mol. The van der Waals surface area contributed by atoms with Gasteiger partial charge in [0.1, 0.15) is 18.0 Å². The molecule has 0 bridgehead atoms. The summed E-state index contributed by atoms with van der Waals surface area (Å²) < 4.78 is 5.39. The van der Waals surface area contributed by atoms with Gasteiger partial charge in [-0.2, -0.15) is 0 Å². The molecule has 0 aliphatic carbocycles. The molecule has 1 aliphatic heterocycles. The Balaban J connectivity index is 1.45. The molecule has 132 valence electrons. The molecule has 1 fully saturated rings. The Morgan fingerprint density at radius 3 is 2.73 bits per heavy atom. The fourth-order valence-corrected chi connectivity index (χ4v) is 2.82. The average Bonchev–Trinajstić information content (AvgIpc) is 2.74. The zero-order chi connectivity index (χ0) is 17.6. The Kier molecular flexibility index (Phi) is 4.97. The highest BCUT2D eigenvalue weighted by Crippen LogP contribution is 2.21. The lowest BCUT2D eigenvalue weighted by Gasteiger charge is -2.27. The molecule has 4 heterocycles. The lowest BCUT2D eigenvalue weighted by molar-refractivity contribution is 0.122. The highest BCUT2D eigenvalue weighted by atomic mass is 16.5. The van der Waals surface area contributed by atoms with Crippen LogP contribution in [0.1, 0.15) is 5.56 Å². The zero-order valence-electron chi connectivity index (χ0n) is 14.4. The quantitative estimate of drug-likeness (QED) is 0.758. The summed E-state index contributed by atoms with van der Waals surface area (Å²) in [5, 5.41) is 3.30. The van der Waals surface area contributed by atoms with Crippen LogP contribution in [0.25, 0.3) is 11.3 Å². The van der Waals surface area contributed by atoms with Gasteiger partial charge in [0.25, 0.3) is 0 Å². The van der Waals surface area contributed by atoms with Crippen molar-refractivity contribution < 1.29 is 4.74 Å². The number of nitrogens with zero attached hydrogens (tertiary/aromatic N) is 5. The lowest BCUT2D eigenvalue weighted by Crippen LogP contribution is -2.36. The van der Waals surface area contributed by atoms with E-state index < -0.39 is 0 Å². The van der Waals surface area contributed by atoms with Crippen molar-refractivity contribution in [1.82, 2.24) is 19.9 Å². The van der Waals surface area contributed by atoms with Gasteiger partial charge in [0.2, 0.25) is 0 Å². The predicted octanol–water partition coefficient (Wildman–Crippen LogP) is 2.38. The number of anilines is 2. The second-order valence-corrected chi connectivity index (χ2v) is 6.01. The minimum atomic E-state index is 0.665. The molecule has 0 spiro atoms. The monoisotopic (exact) mass is 348 g/mol. The standard InChI is InChI=1S/C19H20N6O/c1-2-15(11-20-5-1)12-21-18-10-17(23-14-24-18)16-3-4-19(22-13-16)25-6-8-26-9-7-25/h1-5,10-11,13-14H,6-9,12H2,(H,21,23,24). The Labute approximate surface area is 152 Å². The van der Waals surface area contributed by atoms with E-state index in [1.165, 1.54) is 0 Å². The van der Waals surface area contributed by atoms with Gasteiger partial charge in [0.05, 0.1) is 18.9 Å². The van der Waals surface area contributed by atoms with Crippen molar-refractivity contribution in [3.8, 4) is 11.3 Å². The first-order chi connectivity index (χ1) is 12.9. The van der Waals surface area contributed by atoms with E-state index in [9.17, 15) is 0 Å². The van der Waals surface area contributed by atoms with Crippen molar-refractivity contribution in [1.29, 1.82) is 0 Å². The molecule has 3 aromatic heterocycles. The van der Waals surface area contributed by atoms with Crippen LogP contribution in [0.3, 0.4) is 0 Å². The predicted molar refractivity (Wildman–Crippen MR) is 99.9 cm³/mol. The molecule has 1 aliphatic rings. The maximum Gasteiger partial charge on any atom is 0.130 e. The third kappa shape index (κ3) is 3.94. The Morgan fingerprint density at radius 1 is 1.04 bits per heavy atom. The van der Waals surface area contributed by atoms with E-state index in [1.54, 1.807) is 12.5 Å². The molecule has 4 rings (SSSR count). The topological polar surface area (TPSA) is 76.1 Å². The normalized spacial score (nSPS) is 14.2. The molecule has 7 heteroatoms. The van der Waals surface area contributed by atoms with E-state index in [4.69, 9.17) is 4.74 Å². The number of hydrogen-bond acceptors (Lipinski definition) is 7. The Hall–Kier alpha value is -3.06. The van der Waals surface area contributed by atoms with Crippen molar-refractivity contribution in [3.05, 3.63) is 60.8 Å². The molecule has 3 aromatic rings. The molecule has 0 amide bonds. The van der Waals surface area contributed by atoms with E-state index >= 15 is 0 Å². The van der Waals surface area contributed by atoms with Gasteiger partial charge in [-0.3, -0.25) is 4.98 Å². The molecular formula is C19H20N6O. The first kappa shape index (κ1) is 16.4. The number of aromatic nitrogens is 4. The maximum absolute atomic E-state index is 5.39. The summed E-state index contributed by atoms with van der Waals surface area (Å²) in [4.78, 5) is 19.6. The van der Waals surface area contributed by atoms with Gasteiger partial charge in [-0.05, 0) is 23.8 Å². The van der Waals surface area contributed by atoms with Crippen LogP contribution in [-0.4, -0.2) is 46.2 Å². The van der Waals surface area contributed by atoms with Crippen molar-refractivity contribution in [2.24, 2.45) is 0 Å². The molecule has 0 aromatic carbocycles. The highest BCUT2D eigenvalue weighted by Gasteiger charge is 2.12. The number of rotatable bonds is 5. The summed E-state index contributed by atoms with van der Waals surface area (Å²) >= 11 is 0. The van der Waals surface area contributed by atoms with Crippen LogP contribution in [-0.2, 0) is 11.3 Å². The SMILES string of the molecule is c1cncc(CNc2cc(-c3ccc(N4CCOCC4)nc3)ncn2)c1. The number of hydrogen-bond donors (Lipinski definition) is 1. The summed E-state index contributed by atoms with van der Waals surface area (Å²) in [5.74, 6) is 1.75. The van der Waals surface area contributed by atoms with Gasteiger partial charge in [0.15, 0.2) is 0 Å². The summed E-state index contributed by atoms with van der Waals surface area (Å²) in [5.41, 5.74) is 2.91. The largest absolute Gasteiger partial charge is 0.378 e. The number of morpholine rings is 1. The van der Waals surface area contributed by atoms with Crippen LogP contribution in [0.2, 0.25) is 0 Å². The number of nitrogens with one attached hydrogen (secondary N) is 1. The first-order valence-corrected chi connectivity index (χ1v) is 8.62. The van der Waals surface area contributed by atoms with Gasteiger partial charge in [-0.1, -0.05) is 6.07 Å². The van der Waals surface area contributed by atoms with Crippen molar-refractivity contribution in [2.75, 3.05) is 36.5 Å². The van der Waals surface area contributed by atoms with Crippen LogP contribution in [0.5, 0.6) is 0 Å². The fraction of sp³-hybridized carbons (Fsp3) is 0.263. The van der Waals surface area contributed by atoms with E-state index in [0.717, 1.165) is 54.8 Å². The van der Waals surface area contributed by atoms with Gasteiger partial charge >= 0.3 is 0 Å². The minimum Gasteiger partial charge on any atom is -0.378 e. The zero-order valence-corrected chi connectivity index (χ0v) is 14.4. The first-order valence-electron chi connectivity index (χ1n) is 8.62. The van der Waals surface area contributed by atoms with Crippen LogP contribution < -0.4 is 10.2 Å². The molecule has 1 N–H and O–H groups in total. The van der Waals surface area contributed by atoms with Crippen LogP contribution in [0.15, 0.2) is 55.2 Å². The van der Waals surface area contributed by atoms with E-state index in [2.05, 4.69) is 30.2 Å². The molecule has 0 saturated carbocycles. The summed E-state index contributed by atoms with van der Waals surface area (Å²) in [7, 11) is 0. The molecule has 7 nitrogen and oxygen atoms in total. The van der Waals surface area contributed by atoms with Crippen molar-refractivity contribution in [2.45, 2.75) is 6.54 Å². The Morgan fingerprint density at radius 2 is 1.96 bits per heavy atom. The molecule has 0 radical (unpaired) electrons. The van der Waals surface area contributed by atoms with Crippen molar-refractivity contribution >= 4 is 11.6 Å². The van der Waals surface area contributed by atoms with Gasteiger partial charge in [-0.15, -0.1) is 0 Å². The average molecular weight is 348 g/mol. The molecule has 26 heavy (non-hydrogen) atoms. The smallest absolute Gasteiger partial charge is 0.130 e. The van der Waals surface area contributed by atoms with E-state index in [0.29, 0.717) is 6.54 Å². The fourth-order valence-electron chi connectivity index (χ4n) is 2.82. The Bertz CT molecular complexity index is 834. The number of pyridine rings is 2. The number of ether oxygens (including phenoxy) is 1. The summed E-state index contributed by atoms with van der Waals surface area (Å²) in [6, 6.07) is 9.96. The van der Waals surface area contributed by atoms with Crippen LogP contribution in [0, 0.1) is 0 Å². The van der Waals surface area contributed by atoms with Gasteiger partial charge < -0.3 is 15.0 Å². The maximum atomic E-state index is 5.39. The van der Waals surface area contributed by atoms with E-state index in [1.807, 2.05) is 42.7 Å². The summed E-state index contributed by atoms with van der Waals surface area (Å²) in [6.07, 6.45) is 7.03. The molecule has 1 saturated heterocycles. The molecule has 0 atom stereocenters. The second kappa shape index (κ2) is 7.88. The van der Waals surface area contributed by atoms with Crippen LogP contribution in [0.4, 0.5) is 11.6 Å². The van der Waals surface area contributed by atoms with Gasteiger partial charge in [0, 0.05) is 49.9 Å². The lowest BCUT2D eigenvalue weighted by atomic mass is 10.2. The van der Waals surface area contributed by atoms with Gasteiger partial charge in [-0.25, -0.2) is 15.0 Å². The third-order valence-electron chi connectivity index (χ3n) is 4.24. The van der Waals surface area contributed by atoms with Crippen LogP contribution >= 0.6 is 0 Å². The minimum absolute atomic E-state index is 0.665. The van der Waals surface area contributed by atoms with E-state index in [-0.39, 0.29) is 0 Å². The molecule has 0 unspecified atom stereocenters.